The largest absolute Gasteiger partial charge is 0.441 e. The molecule has 19 heavy (non-hydrogen) atoms. The van der Waals surface area contributed by atoms with E-state index in [0.29, 0.717) is 6.54 Å². The van der Waals surface area contributed by atoms with Crippen molar-refractivity contribution >= 4 is 11.8 Å². The standard InChI is InChI=1S/C15H19NO3/c17-10-14-9-16(15(18)19-14)13-7-6-11-4-2-1-3-5-12(11)8-13/h6-8,14,17H,1-5,9-10H2. The van der Waals surface area contributed by atoms with Gasteiger partial charge in [-0.3, -0.25) is 4.90 Å². The number of aliphatic hydroxyl groups is 1. The molecule has 1 amide bonds. The minimum Gasteiger partial charge on any atom is -0.441 e. The van der Waals surface area contributed by atoms with E-state index in [1.165, 1.54) is 30.4 Å². The molecule has 4 nitrogen and oxygen atoms in total. The fourth-order valence-corrected chi connectivity index (χ4v) is 2.89. The van der Waals surface area contributed by atoms with Gasteiger partial charge in [0.15, 0.2) is 0 Å². The van der Waals surface area contributed by atoms with Crippen LogP contribution in [0.2, 0.25) is 0 Å². The number of carbonyl (C=O) groups excluding carboxylic acids is 1. The summed E-state index contributed by atoms with van der Waals surface area (Å²) in [6.07, 6.45) is 5.24. The van der Waals surface area contributed by atoms with Crippen molar-refractivity contribution in [2.24, 2.45) is 0 Å². The Bertz CT molecular complexity index is 486. The first-order chi connectivity index (χ1) is 9.28. The first kappa shape index (κ1) is 12.5. The van der Waals surface area contributed by atoms with Gasteiger partial charge in [0.2, 0.25) is 0 Å². The highest BCUT2D eigenvalue weighted by Crippen LogP contribution is 2.28. The number of nitrogens with zero attached hydrogens (tertiary/aromatic N) is 1. The van der Waals surface area contributed by atoms with E-state index >= 15 is 0 Å². The molecule has 1 atom stereocenters. The Kier molecular flexibility index (Phi) is 3.42. The topological polar surface area (TPSA) is 49.8 Å². The average Bonchev–Trinajstić information content (AvgIpc) is 2.66. The van der Waals surface area contributed by atoms with Crippen LogP contribution >= 0.6 is 0 Å². The molecule has 1 aliphatic heterocycles. The summed E-state index contributed by atoms with van der Waals surface area (Å²) >= 11 is 0. The number of aryl methyl sites for hydroxylation is 2. The molecule has 1 heterocycles. The molecule has 102 valence electrons. The van der Waals surface area contributed by atoms with Crippen molar-refractivity contribution in [3.05, 3.63) is 29.3 Å². The number of ether oxygens (including phenoxy) is 1. The van der Waals surface area contributed by atoms with Crippen molar-refractivity contribution in [3.63, 3.8) is 0 Å². The maximum Gasteiger partial charge on any atom is 0.414 e. The SMILES string of the molecule is O=C1OC(CO)CN1c1ccc2c(c1)CCCCC2. The summed E-state index contributed by atoms with van der Waals surface area (Å²) in [5, 5.41) is 9.07. The number of anilines is 1. The number of hydrogen-bond donors (Lipinski definition) is 1. The van der Waals surface area contributed by atoms with Crippen LogP contribution in [0.4, 0.5) is 10.5 Å². The van der Waals surface area contributed by atoms with Crippen molar-refractivity contribution in [1.82, 2.24) is 0 Å². The number of hydrogen-bond acceptors (Lipinski definition) is 3. The summed E-state index contributed by atoms with van der Waals surface area (Å²) in [5.74, 6) is 0. The average molecular weight is 261 g/mol. The summed E-state index contributed by atoms with van der Waals surface area (Å²) in [6, 6.07) is 6.24. The van der Waals surface area contributed by atoms with E-state index in [4.69, 9.17) is 9.84 Å². The van der Waals surface area contributed by atoms with Gasteiger partial charge < -0.3 is 9.84 Å². The van der Waals surface area contributed by atoms with Crippen LogP contribution in [0, 0.1) is 0 Å². The molecule has 1 unspecified atom stereocenters. The van der Waals surface area contributed by atoms with E-state index in [-0.39, 0.29) is 12.7 Å². The summed E-state index contributed by atoms with van der Waals surface area (Å²) in [6.45, 7) is 0.321. The van der Waals surface area contributed by atoms with Crippen LogP contribution in [0.1, 0.15) is 30.4 Å². The van der Waals surface area contributed by atoms with Crippen LogP contribution in [-0.4, -0.2) is 30.5 Å². The zero-order chi connectivity index (χ0) is 13.2. The fraction of sp³-hybridized carbons (Fsp3) is 0.533. The third-order valence-electron chi connectivity index (χ3n) is 3.97. The van der Waals surface area contributed by atoms with Crippen LogP contribution < -0.4 is 4.90 Å². The quantitative estimate of drug-likeness (QED) is 0.831. The maximum atomic E-state index is 11.8. The molecule has 0 aromatic heterocycles. The minimum atomic E-state index is -0.397. The van der Waals surface area contributed by atoms with E-state index in [2.05, 4.69) is 12.1 Å². The van der Waals surface area contributed by atoms with Gasteiger partial charge in [0.05, 0.1) is 13.2 Å². The second kappa shape index (κ2) is 5.21. The van der Waals surface area contributed by atoms with Crippen molar-refractivity contribution in [2.75, 3.05) is 18.1 Å². The number of carbonyl (C=O) groups is 1. The molecule has 2 aliphatic rings. The molecule has 4 heteroatoms. The Labute approximate surface area is 113 Å². The third kappa shape index (κ3) is 2.45. The summed E-state index contributed by atoms with van der Waals surface area (Å²) in [4.78, 5) is 13.4. The molecular weight excluding hydrogens is 242 g/mol. The lowest BCUT2D eigenvalue weighted by Crippen LogP contribution is -2.25. The molecule has 3 rings (SSSR count). The lowest BCUT2D eigenvalue weighted by molar-refractivity contribution is 0.0963. The highest BCUT2D eigenvalue weighted by molar-refractivity contribution is 5.89. The number of rotatable bonds is 2. The second-order valence-electron chi connectivity index (χ2n) is 5.31. The molecule has 1 fully saturated rings. The van der Waals surface area contributed by atoms with Crippen LogP contribution in [0.5, 0.6) is 0 Å². The van der Waals surface area contributed by atoms with Gasteiger partial charge in [-0.25, -0.2) is 4.79 Å². The smallest absolute Gasteiger partial charge is 0.414 e. The van der Waals surface area contributed by atoms with Gasteiger partial charge in [0, 0.05) is 5.69 Å². The van der Waals surface area contributed by atoms with Crippen LogP contribution in [0.3, 0.4) is 0 Å². The zero-order valence-electron chi connectivity index (χ0n) is 11.0. The van der Waals surface area contributed by atoms with Crippen LogP contribution in [0.15, 0.2) is 18.2 Å². The lowest BCUT2D eigenvalue weighted by atomic mass is 10.0. The van der Waals surface area contributed by atoms with E-state index < -0.39 is 6.10 Å². The third-order valence-corrected chi connectivity index (χ3v) is 3.97. The fourth-order valence-electron chi connectivity index (χ4n) is 2.89. The van der Waals surface area contributed by atoms with Crippen LogP contribution in [-0.2, 0) is 17.6 Å². The molecule has 1 N–H and O–H groups in total. The van der Waals surface area contributed by atoms with Crippen molar-refractivity contribution in [1.29, 1.82) is 0 Å². The van der Waals surface area contributed by atoms with Crippen molar-refractivity contribution in [3.8, 4) is 0 Å². The molecule has 1 saturated heterocycles. The van der Waals surface area contributed by atoms with Gasteiger partial charge >= 0.3 is 6.09 Å². The Hall–Kier alpha value is -1.55. The highest BCUT2D eigenvalue weighted by Gasteiger charge is 2.32. The molecule has 1 aliphatic carbocycles. The molecular formula is C15H19NO3. The van der Waals surface area contributed by atoms with E-state index in [0.717, 1.165) is 18.5 Å². The Morgan fingerprint density at radius 1 is 1.21 bits per heavy atom. The number of amides is 1. The van der Waals surface area contributed by atoms with Gasteiger partial charge in [-0.2, -0.15) is 0 Å². The van der Waals surface area contributed by atoms with E-state index in [1.54, 1.807) is 4.90 Å². The molecule has 1 aromatic carbocycles. The number of fused-ring (bicyclic) bond motifs is 1. The monoisotopic (exact) mass is 261 g/mol. The summed E-state index contributed by atoms with van der Waals surface area (Å²) < 4.78 is 5.08. The van der Waals surface area contributed by atoms with Gasteiger partial charge in [-0.15, -0.1) is 0 Å². The first-order valence-corrected chi connectivity index (χ1v) is 6.99. The Morgan fingerprint density at radius 3 is 2.74 bits per heavy atom. The normalized spacial score (nSPS) is 22.9. The van der Waals surface area contributed by atoms with Gasteiger partial charge in [0.1, 0.15) is 6.10 Å². The van der Waals surface area contributed by atoms with Gasteiger partial charge in [-0.05, 0) is 48.9 Å². The molecule has 0 bridgehead atoms. The van der Waals surface area contributed by atoms with Gasteiger partial charge in [0.25, 0.3) is 0 Å². The Morgan fingerprint density at radius 2 is 2.00 bits per heavy atom. The highest BCUT2D eigenvalue weighted by atomic mass is 16.6. The zero-order valence-corrected chi connectivity index (χ0v) is 11.0. The van der Waals surface area contributed by atoms with E-state index in [1.807, 2.05) is 6.07 Å². The second-order valence-corrected chi connectivity index (χ2v) is 5.31. The lowest BCUT2D eigenvalue weighted by Gasteiger charge is -2.15. The van der Waals surface area contributed by atoms with Crippen molar-refractivity contribution in [2.45, 2.75) is 38.2 Å². The van der Waals surface area contributed by atoms with E-state index in [9.17, 15) is 4.79 Å². The van der Waals surface area contributed by atoms with Crippen LogP contribution in [0.25, 0.3) is 0 Å². The number of cyclic esters (lactones) is 1. The van der Waals surface area contributed by atoms with Gasteiger partial charge in [-0.1, -0.05) is 12.5 Å². The summed E-state index contributed by atoms with van der Waals surface area (Å²) in [7, 11) is 0. The predicted octanol–water partition coefficient (Wildman–Crippen LogP) is 2.27. The molecule has 0 saturated carbocycles. The molecule has 1 aromatic rings. The maximum absolute atomic E-state index is 11.8. The first-order valence-electron chi connectivity index (χ1n) is 6.99. The molecule has 0 spiro atoms. The number of aliphatic hydroxyl groups excluding tert-OH is 1. The number of benzene rings is 1. The predicted molar refractivity (Wildman–Crippen MR) is 72.4 cm³/mol. The molecule has 0 radical (unpaired) electrons. The van der Waals surface area contributed by atoms with Crippen molar-refractivity contribution < 1.29 is 14.6 Å². The Balaban J connectivity index is 1.86. The summed E-state index contributed by atoms with van der Waals surface area (Å²) in [5.41, 5.74) is 3.66. The minimum absolute atomic E-state index is 0.118.